The molecule has 0 aliphatic rings. The molecule has 5 nitrogen and oxygen atoms in total. The van der Waals surface area contributed by atoms with Crippen LogP contribution in [-0.2, 0) is 17.8 Å². The molecule has 28 heavy (non-hydrogen) atoms. The standard InChI is InChI=1S/C23H27N3O2/c1-4-23(27)24-11-10-22-25-20-8-5-6-9-21(20)26(22)12-7-13-28-19-15-17(2)14-18(3)16-19/h4-6,8-9,14-16H,1,7,10-13H2,2-3H3,(H,24,27). The third kappa shape index (κ3) is 5.00. The van der Waals surface area contributed by atoms with Gasteiger partial charge in [-0.15, -0.1) is 0 Å². The highest BCUT2D eigenvalue weighted by Gasteiger charge is 2.10. The van der Waals surface area contributed by atoms with Gasteiger partial charge in [-0.05, 0) is 61.7 Å². The molecule has 3 aromatic rings. The van der Waals surface area contributed by atoms with Gasteiger partial charge in [0, 0.05) is 19.5 Å². The first kappa shape index (κ1) is 19.7. The monoisotopic (exact) mass is 377 g/mol. The number of hydrogen-bond donors (Lipinski definition) is 1. The van der Waals surface area contributed by atoms with Crippen LogP contribution in [0.4, 0.5) is 0 Å². The van der Waals surface area contributed by atoms with Crippen LogP contribution in [0.15, 0.2) is 55.1 Å². The summed E-state index contributed by atoms with van der Waals surface area (Å²) in [6.07, 6.45) is 2.83. The Morgan fingerprint density at radius 1 is 1.21 bits per heavy atom. The smallest absolute Gasteiger partial charge is 0.243 e. The summed E-state index contributed by atoms with van der Waals surface area (Å²) in [7, 11) is 0. The highest BCUT2D eigenvalue weighted by molar-refractivity contribution is 5.86. The number of nitrogens with one attached hydrogen (secondary N) is 1. The predicted octanol–water partition coefficient (Wildman–Crippen LogP) is 3.97. The number of aryl methyl sites for hydroxylation is 3. The van der Waals surface area contributed by atoms with Gasteiger partial charge in [-0.3, -0.25) is 4.79 Å². The number of fused-ring (bicyclic) bond motifs is 1. The zero-order chi connectivity index (χ0) is 19.9. The van der Waals surface area contributed by atoms with Crippen LogP contribution in [0.1, 0.15) is 23.4 Å². The molecule has 0 saturated carbocycles. The number of ether oxygens (including phenoxy) is 1. The number of carbonyl (C=O) groups is 1. The minimum Gasteiger partial charge on any atom is -0.494 e. The predicted molar refractivity (Wildman–Crippen MR) is 113 cm³/mol. The number of amides is 1. The van der Waals surface area contributed by atoms with Crippen LogP contribution in [0.25, 0.3) is 11.0 Å². The summed E-state index contributed by atoms with van der Waals surface area (Å²) in [5.74, 6) is 1.72. The lowest BCUT2D eigenvalue weighted by molar-refractivity contribution is -0.116. The van der Waals surface area contributed by atoms with Gasteiger partial charge in [0.2, 0.25) is 5.91 Å². The minimum absolute atomic E-state index is 0.162. The van der Waals surface area contributed by atoms with Gasteiger partial charge in [-0.1, -0.05) is 24.8 Å². The van der Waals surface area contributed by atoms with E-state index in [1.807, 2.05) is 18.2 Å². The summed E-state index contributed by atoms with van der Waals surface area (Å²) in [5.41, 5.74) is 4.50. The molecule has 0 bridgehead atoms. The van der Waals surface area contributed by atoms with Crippen LogP contribution in [-0.4, -0.2) is 28.6 Å². The lowest BCUT2D eigenvalue weighted by Crippen LogP contribution is -2.24. The molecule has 5 heteroatoms. The minimum atomic E-state index is -0.162. The van der Waals surface area contributed by atoms with Gasteiger partial charge >= 0.3 is 0 Å². The van der Waals surface area contributed by atoms with E-state index in [9.17, 15) is 4.79 Å². The molecule has 1 N–H and O–H groups in total. The number of para-hydroxylation sites is 2. The van der Waals surface area contributed by atoms with E-state index in [0.717, 1.165) is 35.6 Å². The maximum atomic E-state index is 11.4. The molecule has 0 spiro atoms. The Bertz CT molecular complexity index is 955. The van der Waals surface area contributed by atoms with Gasteiger partial charge in [0.1, 0.15) is 11.6 Å². The molecule has 146 valence electrons. The van der Waals surface area contributed by atoms with Crippen molar-refractivity contribution in [3.8, 4) is 5.75 Å². The third-order valence-corrected chi connectivity index (χ3v) is 4.56. The molecule has 3 rings (SSSR count). The fourth-order valence-electron chi connectivity index (χ4n) is 3.36. The number of nitrogens with zero attached hydrogens (tertiary/aromatic N) is 2. The fraction of sp³-hybridized carbons (Fsp3) is 0.304. The second kappa shape index (κ2) is 9.22. The molecule has 1 aromatic heterocycles. The highest BCUT2D eigenvalue weighted by atomic mass is 16.5. The van der Waals surface area contributed by atoms with E-state index >= 15 is 0 Å². The summed E-state index contributed by atoms with van der Waals surface area (Å²) >= 11 is 0. The normalized spacial score (nSPS) is 10.8. The van der Waals surface area contributed by atoms with E-state index in [-0.39, 0.29) is 5.91 Å². The highest BCUT2D eigenvalue weighted by Crippen LogP contribution is 2.19. The molecule has 0 aliphatic carbocycles. The third-order valence-electron chi connectivity index (χ3n) is 4.56. The van der Waals surface area contributed by atoms with Crippen LogP contribution in [0.2, 0.25) is 0 Å². The van der Waals surface area contributed by atoms with Gasteiger partial charge in [0.25, 0.3) is 0 Å². The summed E-state index contributed by atoms with van der Waals surface area (Å²) in [4.78, 5) is 16.1. The Kier molecular flexibility index (Phi) is 6.48. The van der Waals surface area contributed by atoms with Crippen molar-refractivity contribution in [2.45, 2.75) is 33.2 Å². The van der Waals surface area contributed by atoms with Gasteiger partial charge in [0.15, 0.2) is 0 Å². The first-order valence-electron chi connectivity index (χ1n) is 9.62. The summed E-state index contributed by atoms with van der Waals surface area (Å²) in [6.45, 7) is 9.63. The van der Waals surface area contributed by atoms with E-state index in [1.54, 1.807) is 0 Å². The van der Waals surface area contributed by atoms with Crippen molar-refractivity contribution < 1.29 is 9.53 Å². The molecule has 0 saturated heterocycles. The number of carbonyl (C=O) groups excluding carboxylic acids is 1. The first-order chi connectivity index (χ1) is 13.6. The van der Waals surface area contributed by atoms with E-state index in [2.05, 4.69) is 54.6 Å². The molecule has 0 radical (unpaired) electrons. The van der Waals surface area contributed by atoms with E-state index in [4.69, 9.17) is 9.72 Å². The molecule has 0 atom stereocenters. The summed E-state index contributed by atoms with van der Waals surface area (Å²) in [5, 5.41) is 2.82. The second-order valence-electron chi connectivity index (χ2n) is 6.94. The molecular weight excluding hydrogens is 350 g/mol. The quantitative estimate of drug-likeness (QED) is 0.453. The van der Waals surface area contributed by atoms with Crippen molar-refractivity contribution in [2.75, 3.05) is 13.2 Å². The average Bonchev–Trinajstić information content (AvgIpc) is 3.02. The molecule has 0 unspecified atom stereocenters. The second-order valence-corrected chi connectivity index (χ2v) is 6.94. The van der Waals surface area contributed by atoms with E-state index < -0.39 is 0 Å². The van der Waals surface area contributed by atoms with Crippen molar-refractivity contribution in [3.63, 3.8) is 0 Å². The molecule has 2 aromatic carbocycles. The maximum absolute atomic E-state index is 11.4. The van der Waals surface area contributed by atoms with Crippen LogP contribution < -0.4 is 10.1 Å². The summed E-state index contributed by atoms with van der Waals surface area (Å²) in [6, 6.07) is 14.4. The van der Waals surface area contributed by atoms with Crippen molar-refractivity contribution in [2.24, 2.45) is 0 Å². The van der Waals surface area contributed by atoms with Gasteiger partial charge in [-0.25, -0.2) is 4.98 Å². The zero-order valence-corrected chi connectivity index (χ0v) is 16.6. The van der Waals surface area contributed by atoms with Crippen molar-refractivity contribution in [1.82, 2.24) is 14.9 Å². The zero-order valence-electron chi connectivity index (χ0n) is 16.6. The molecule has 1 heterocycles. The van der Waals surface area contributed by atoms with Crippen LogP contribution in [0, 0.1) is 13.8 Å². The maximum Gasteiger partial charge on any atom is 0.243 e. The Morgan fingerprint density at radius 3 is 2.71 bits per heavy atom. The number of aromatic nitrogens is 2. The summed E-state index contributed by atoms with van der Waals surface area (Å²) < 4.78 is 8.17. The van der Waals surface area contributed by atoms with Crippen molar-refractivity contribution in [1.29, 1.82) is 0 Å². The lowest BCUT2D eigenvalue weighted by atomic mass is 10.1. The van der Waals surface area contributed by atoms with Crippen LogP contribution in [0.3, 0.4) is 0 Å². The Labute approximate surface area is 166 Å². The van der Waals surface area contributed by atoms with Crippen LogP contribution in [0.5, 0.6) is 5.75 Å². The number of benzene rings is 2. The average molecular weight is 377 g/mol. The number of imidazole rings is 1. The Morgan fingerprint density at radius 2 is 1.96 bits per heavy atom. The molecule has 0 aliphatic heterocycles. The van der Waals surface area contributed by atoms with E-state index in [0.29, 0.717) is 19.6 Å². The number of hydrogen-bond acceptors (Lipinski definition) is 3. The molecular formula is C23H27N3O2. The Balaban J connectivity index is 1.64. The largest absolute Gasteiger partial charge is 0.494 e. The molecule has 1 amide bonds. The van der Waals surface area contributed by atoms with Crippen molar-refractivity contribution >= 4 is 16.9 Å². The fourth-order valence-corrected chi connectivity index (χ4v) is 3.36. The van der Waals surface area contributed by atoms with Gasteiger partial charge < -0.3 is 14.6 Å². The topological polar surface area (TPSA) is 56.2 Å². The lowest BCUT2D eigenvalue weighted by Gasteiger charge is -2.11. The SMILES string of the molecule is C=CC(=O)NCCc1nc2ccccc2n1CCCOc1cc(C)cc(C)c1. The molecule has 0 fully saturated rings. The van der Waals surface area contributed by atoms with Crippen molar-refractivity contribution in [3.05, 3.63) is 72.1 Å². The van der Waals surface area contributed by atoms with E-state index in [1.165, 1.54) is 17.2 Å². The van der Waals surface area contributed by atoms with Gasteiger partial charge in [-0.2, -0.15) is 0 Å². The van der Waals surface area contributed by atoms with Gasteiger partial charge in [0.05, 0.1) is 17.6 Å². The van der Waals surface area contributed by atoms with Crippen LogP contribution >= 0.6 is 0 Å². The number of rotatable bonds is 9. The Hall–Kier alpha value is -3.08. The first-order valence-corrected chi connectivity index (χ1v) is 9.62.